The fourth-order valence-corrected chi connectivity index (χ4v) is 2.88. The van der Waals surface area contributed by atoms with Gasteiger partial charge in [-0.15, -0.1) is 0 Å². The first kappa shape index (κ1) is 13.1. The summed E-state index contributed by atoms with van der Waals surface area (Å²) in [6, 6.07) is 9.99. The van der Waals surface area contributed by atoms with E-state index in [9.17, 15) is 4.79 Å². The number of hydrogen-bond donors (Lipinski definition) is 1. The van der Waals surface area contributed by atoms with Gasteiger partial charge in [-0.05, 0) is 32.4 Å². The van der Waals surface area contributed by atoms with Crippen LogP contribution in [0.1, 0.15) is 25.3 Å². The molecule has 1 amide bonds. The highest BCUT2D eigenvalue weighted by molar-refractivity contribution is 5.79. The van der Waals surface area contributed by atoms with Crippen molar-refractivity contribution < 1.29 is 4.79 Å². The van der Waals surface area contributed by atoms with E-state index >= 15 is 0 Å². The SMILES string of the molecule is CNCC1(C)CCCN1C(=O)Cc1ccccc1. The molecule has 2 rings (SSSR count). The smallest absolute Gasteiger partial charge is 0.227 e. The lowest BCUT2D eigenvalue weighted by Crippen LogP contribution is -2.51. The number of likely N-dealkylation sites (tertiary alicyclic amines) is 1. The third-order valence-corrected chi connectivity index (χ3v) is 3.81. The van der Waals surface area contributed by atoms with E-state index in [1.807, 2.05) is 37.4 Å². The first-order chi connectivity index (χ1) is 8.65. The topological polar surface area (TPSA) is 32.3 Å². The molecule has 0 bridgehead atoms. The molecule has 1 unspecified atom stereocenters. The summed E-state index contributed by atoms with van der Waals surface area (Å²) in [5.41, 5.74) is 1.09. The third-order valence-electron chi connectivity index (χ3n) is 3.81. The van der Waals surface area contributed by atoms with Gasteiger partial charge < -0.3 is 10.2 Å². The number of benzene rings is 1. The van der Waals surface area contributed by atoms with Gasteiger partial charge in [0.25, 0.3) is 0 Å². The largest absolute Gasteiger partial charge is 0.336 e. The average molecular weight is 246 g/mol. The van der Waals surface area contributed by atoms with Crippen molar-refractivity contribution in [1.82, 2.24) is 10.2 Å². The number of amides is 1. The van der Waals surface area contributed by atoms with Crippen molar-refractivity contribution in [2.45, 2.75) is 31.7 Å². The monoisotopic (exact) mass is 246 g/mol. The summed E-state index contributed by atoms with van der Waals surface area (Å²) in [6.45, 7) is 3.94. The van der Waals surface area contributed by atoms with Crippen molar-refractivity contribution in [3.8, 4) is 0 Å². The first-order valence-electron chi connectivity index (χ1n) is 6.65. The van der Waals surface area contributed by atoms with Gasteiger partial charge in [-0.3, -0.25) is 4.79 Å². The van der Waals surface area contributed by atoms with E-state index in [2.05, 4.69) is 17.1 Å². The molecule has 1 aromatic carbocycles. The van der Waals surface area contributed by atoms with Crippen molar-refractivity contribution in [3.63, 3.8) is 0 Å². The van der Waals surface area contributed by atoms with E-state index in [1.54, 1.807) is 0 Å². The Bertz CT molecular complexity index is 404. The molecule has 1 aliphatic rings. The van der Waals surface area contributed by atoms with Gasteiger partial charge in [0.05, 0.1) is 12.0 Å². The van der Waals surface area contributed by atoms with Gasteiger partial charge in [0.2, 0.25) is 5.91 Å². The minimum Gasteiger partial charge on any atom is -0.336 e. The lowest BCUT2D eigenvalue weighted by molar-refractivity contribution is -0.133. The van der Waals surface area contributed by atoms with Crippen molar-refractivity contribution in [3.05, 3.63) is 35.9 Å². The fraction of sp³-hybridized carbons (Fsp3) is 0.533. The Labute approximate surface area is 109 Å². The molecule has 1 N–H and O–H groups in total. The highest BCUT2D eigenvalue weighted by Gasteiger charge is 2.38. The highest BCUT2D eigenvalue weighted by Crippen LogP contribution is 2.28. The normalized spacial score (nSPS) is 23.3. The van der Waals surface area contributed by atoms with Crippen molar-refractivity contribution in [1.29, 1.82) is 0 Å². The number of carbonyl (C=O) groups is 1. The molecule has 3 nitrogen and oxygen atoms in total. The average Bonchev–Trinajstić information content (AvgIpc) is 2.73. The van der Waals surface area contributed by atoms with E-state index in [1.165, 1.54) is 0 Å². The molecule has 1 heterocycles. The third kappa shape index (κ3) is 2.72. The maximum Gasteiger partial charge on any atom is 0.227 e. The molecule has 0 saturated carbocycles. The van der Waals surface area contributed by atoms with Gasteiger partial charge in [-0.1, -0.05) is 30.3 Å². The van der Waals surface area contributed by atoms with Gasteiger partial charge >= 0.3 is 0 Å². The summed E-state index contributed by atoms with van der Waals surface area (Å²) < 4.78 is 0. The zero-order valence-electron chi connectivity index (χ0n) is 11.3. The van der Waals surface area contributed by atoms with Gasteiger partial charge in [-0.25, -0.2) is 0 Å². The number of carbonyl (C=O) groups excluding carboxylic acids is 1. The Morgan fingerprint density at radius 2 is 2.11 bits per heavy atom. The van der Waals surface area contributed by atoms with Gasteiger partial charge in [-0.2, -0.15) is 0 Å². The zero-order chi connectivity index (χ0) is 13.0. The van der Waals surface area contributed by atoms with E-state index in [4.69, 9.17) is 0 Å². The highest BCUT2D eigenvalue weighted by atomic mass is 16.2. The molecule has 0 radical (unpaired) electrons. The molecule has 1 aromatic rings. The lowest BCUT2D eigenvalue weighted by Gasteiger charge is -2.35. The van der Waals surface area contributed by atoms with Crippen molar-refractivity contribution >= 4 is 5.91 Å². The molecule has 1 fully saturated rings. The summed E-state index contributed by atoms with van der Waals surface area (Å²) in [5.74, 6) is 0.247. The number of nitrogens with zero attached hydrogens (tertiary/aromatic N) is 1. The second-order valence-corrected chi connectivity index (χ2v) is 5.34. The molecular weight excluding hydrogens is 224 g/mol. The predicted octanol–water partition coefficient (Wildman–Crippen LogP) is 1.83. The quantitative estimate of drug-likeness (QED) is 0.879. The number of likely N-dealkylation sites (N-methyl/N-ethyl adjacent to an activating group) is 1. The molecule has 1 atom stereocenters. The minimum absolute atomic E-state index is 0.0133. The summed E-state index contributed by atoms with van der Waals surface area (Å²) in [5, 5.41) is 3.20. The number of hydrogen-bond acceptors (Lipinski definition) is 2. The molecule has 0 spiro atoms. The zero-order valence-corrected chi connectivity index (χ0v) is 11.3. The molecule has 0 aliphatic carbocycles. The van der Waals surface area contributed by atoms with Crippen LogP contribution in [0, 0.1) is 0 Å². The van der Waals surface area contributed by atoms with E-state index in [0.717, 1.165) is 31.5 Å². The first-order valence-corrected chi connectivity index (χ1v) is 6.65. The van der Waals surface area contributed by atoms with E-state index < -0.39 is 0 Å². The second kappa shape index (κ2) is 5.53. The lowest BCUT2D eigenvalue weighted by atomic mass is 9.98. The second-order valence-electron chi connectivity index (χ2n) is 5.34. The molecule has 1 saturated heterocycles. The summed E-state index contributed by atoms with van der Waals surface area (Å²) >= 11 is 0. The van der Waals surface area contributed by atoms with Crippen molar-refractivity contribution in [2.24, 2.45) is 0 Å². The van der Waals surface area contributed by atoms with Crippen molar-refractivity contribution in [2.75, 3.05) is 20.1 Å². The van der Waals surface area contributed by atoms with E-state index in [0.29, 0.717) is 6.42 Å². The Morgan fingerprint density at radius 1 is 1.39 bits per heavy atom. The maximum atomic E-state index is 12.4. The Hall–Kier alpha value is -1.35. The maximum absolute atomic E-state index is 12.4. The van der Waals surface area contributed by atoms with Crippen LogP contribution in [0.25, 0.3) is 0 Å². The van der Waals surface area contributed by atoms with Gasteiger partial charge in [0, 0.05) is 13.1 Å². The van der Waals surface area contributed by atoms with Crippen LogP contribution in [0.5, 0.6) is 0 Å². The van der Waals surface area contributed by atoms with Crippen LogP contribution in [-0.4, -0.2) is 36.5 Å². The van der Waals surface area contributed by atoms with Crippen LogP contribution in [-0.2, 0) is 11.2 Å². The van der Waals surface area contributed by atoms with Crippen LogP contribution in [0.4, 0.5) is 0 Å². The van der Waals surface area contributed by atoms with Crippen LogP contribution >= 0.6 is 0 Å². The molecular formula is C15H22N2O. The van der Waals surface area contributed by atoms with Crippen LogP contribution < -0.4 is 5.32 Å². The molecule has 18 heavy (non-hydrogen) atoms. The number of nitrogens with one attached hydrogen (secondary N) is 1. The predicted molar refractivity (Wildman–Crippen MR) is 73.4 cm³/mol. The van der Waals surface area contributed by atoms with Gasteiger partial charge in [0.15, 0.2) is 0 Å². The summed E-state index contributed by atoms with van der Waals surface area (Å²) in [7, 11) is 1.95. The molecule has 0 aromatic heterocycles. The molecule has 3 heteroatoms. The van der Waals surface area contributed by atoms with E-state index in [-0.39, 0.29) is 11.4 Å². The Balaban J connectivity index is 2.04. The summed E-state index contributed by atoms with van der Waals surface area (Å²) in [4.78, 5) is 14.5. The van der Waals surface area contributed by atoms with Crippen LogP contribution in [0.15, 0.2) is 30.3 Å². The Kier molecular flexibility index (Phi) is 4.02. The molecule has 1 aliphatic heterocycles. The fourth-order valence-electron chi connectivity index (χ4n) is 2.88. The standard InChI is InChI=1S/C15H22N2O/c1-15(12-16-2)9-6-10-17(15)14(18)11-13-7-4-3-5-8-13/h3-5,7-8,16H,6,9-12H2,1-2H3. The van der Waals surface area contributed by atoms with Crippen LogP contribution in [0.2, 0.25) is 0 Å². The van der Waals surface area contributed by atoms with Crippen LogP contribution in [0.3, 0.4) is 0 Å². The minimum atomic E-state index is -0.0133. The van der Waals surface area contributed by atoms with Gasteiger partial charge in [0.1, 0.15) is 0 Å². The summed E-state index contributed by atoms with van der Waals surface area (Å²) in [6.07, 6.45) is 2.72. The molecule has 98 valence electrons. The Morgan fingerprint density at radius 3 is 2.78 bits per heavy atom. The number of rotatable bonds is 4.